The van der Waals surface area contributed by atoms with Crippen LogP contribution in [0, 0.1) is 0 Å². The minimum absolute atomic E-state index is 0.637. The van der Waals surface area contributed by atoms with Crippen LogP contribution in [0.2, 0.25) is 5.02 Å². The lowest BCUT2D eigenvalue weighted by molar-refractivity contribution is 0.249. The van der Waals surface area contributed by atoms with Gasteiger partial charge in [-0.25, -0.2) is 0 Å². The molecule has 5 heteroatoms. The molecule has 0 aromatic heterocycles. The lowest BCUT2D eigenvalue weighted by Gasteiger charge is -2.36. The van der Waals surface area contributed by atoms with Gasteiger partial charge < -0.3 is 14.4 Å². The second kappa shape index (κ2) is 8.45. The average molecular weight is 361 g/mol. The molecule has 3 rings (SSSR count). The Hall–Kier alpha value is -1.91. The van der Waals surface area contributed by atoms with Gasteiger partial charge in [-0.1, -0.05) is 23.7 Å². The zero-order chi connectivity index (χ0) is 17.6. The number of ether oxygens (including phenoxy) is 2. The van der Waals surface area contributed by atoms with Crippen LogP contribution >= 0.6 is 11.6 Å². The Kier molecular flexibility index (Phi) is 6.05. The Labute approximate surface area is 154 Å². The van der Waals surface area contributed by atoms with Crippen molar-refractivity contribution in [1.29, 1.82) is 0 Å². The first-order valence-electron chi connectivity index (χ1n) is 8.72. The summed E-state index contributed by atoms with van der Waals surface area (Å²) in [6, 6.07) is 14.3. The lowest BCUT2D eigenvalue weighted by Crippen LogP contribution is -2.45. The number of piperazine rings is 1. The molecule has 1 fully saturated rings. The summed E-state index contributed by atoms with van der Waals surface area (Å²) in [5, 5.41) is 0.793. The number of hydrogen-bond donors (Lipinski definition) is 0. The fourth-order valence-electron chi connectivity index (χ4n) is 3.18. The summed E-state index contributed by atoms with van der Waals surface area (Å²) >= 11 is 6.11. The van der Waals surface area contributed by atoms with Gasteiger partial charge in [-0.2, -0.15) is 0 Å². The maximum absolute atomic E-state index is 6.11. The average Bonchev–Trinajstić information content (AvgIpc) is 2.63. The zero-order valence-corrected chi connectivity index (χ0v) is 15.6. The van der Waals surface area contributed by atoms with Crippen LogP contribution in [0.15, 0.2) is 42.5 Å². The fraction of sp³-hybridized carbons (Fsp3) is 0.400. The van der Waals surface area contributed by atoms with E-state index >= 15 is 0 Å². The highest BCUT2D eigenvalue weighted by Gasteiger charge is 2.18. The molecule has 0 spiro atoms. The van der Waals surface area contributed by atoms with Gasteiger partial charge in [0, 0.05) is 43.4 Å². The summed E-state index contributed by atoms with van der Waals surface area (Å²) in [4.78, 5) is 4.86. The molecular formula is C20H25ClN2O2. The number of benzene rings is 2. The van der Waals surface area contributed by atoms with E-state index in [0.29, 0.717) is 6.61 Å². The molecule has 0 bridgehead atoms. The van der Waals surface area contributed by atoms with E-state index in [4.69, 9.17) is 21.1 Å². The van der Waals surface area contributed by atoms with Crippen LogP contribution in [-0.4, -0.2) is 44.8 Å². The number of rotatable bonds is 6. The topological polar surface area (TPSA) is 24.9 Å². The molecule has 0 atom stereocenters. The monoisotopic (exact) mass is 360 g/mol. The van der Waals surface area contributed by atoms with E-state index in [0.717, 1.165) is 49.2 Å². The number of nitrogens with zero attached hydrogens (tertiary/aromatic N) is 2. The van der Waals surface area contributed by atoms with E-state index in [9.17, 15) is 0 Å². The summed E-state index contributed by atoms with van der Waals surface area (Å²) in [5.74, 6) is 1.61. The summed E-state index contributed by atoms with van der Waals surface area (Å²) in [5.41, 5.74) is 2.45. The number of methoxy groups -OCH3 is 1. The molecule has 0 radical (unpaired) electrons. The zero-order valence-electron chi connectivity index (χ0n) is 14.9. The van der Waals surface area contributed by atoms with Crippen molar-refractivity contribution in [3.05, 3.63) is 53.1 Å². The highest BCUT2D eigenvalue weighted by molar-refractivity contribution is 6.30. The van der Waals surface area contributed by atoms with E-state index in [2.05, 4.69) is 28.0 Å². The van der Waals surface area contributed by atoms with Crippen molar-refractivity contribution in [3.63, 3.8) is 0 Å². The maximum Gasteiger partial charge on any atom is 0.161 e. The Morgan fingerprint density at radius 2 is 1.80 bits per heavy atom. The van der Waals surface area contributed by atoms with E-state index in [1.807, 2.05) is 31.2 Å². The lowest BCUT2D eigenvalue weighted by atomic mass is 10.1. The molecular weight excluding hydrogens is 336 g/mol. The second-order valence-electron chi connectivity index (χ2n) is 6.16. The number of hydrogen-bond acceptors (Lipinski definition) is 4. The third-order valence-corrected chi connectivity index (χ3v) is 4.71. The normalized spacial score (nSPS) is 15.2. The molecule has 0 aliphatic carbocycles. The Morgan fingerprint density at radius 3 is 2.48 bits per heavy atom. The van der Waals surface area contributed by atoms with Crippen LogP contribution in [0.4, 0.5) is 5.69 Å². The van der Waals surface area contributed by atoms with E-state index in [-0.39, 0.29) is 0 Å². The first kappa shape index (κ1) is 17.9. The molecule has 0 unspecified atom stereocenters. The standard InChI is InChI=1S/C20H25ClN2O2/c1-3-25-20-13-16(7-8-19(20)24-2)15-22-9-11-23(12-10-22)18-6-4-5-17(21)14-18/h4-8,13-14H,3,9-12,15H2,1-2H3. The molecule has 0 saturated carbocycles. The molecule has 134 valence electrons. The molecule has 2 aromatic rings. The summed E-state index contributed by atoms with van der Waals surface area (Å²) in [6.07, 6.45) is 0. The quantitative estimate of drug-likeness (QED) is 0.775. The van der Waals surface area contributed by atoms with Crippen molar-refractivity contribution >= 4 is 17.3 Å². The van der Waals surface area contributed by atoms with Crippen LogP contribution < -0.4 is 14.4 Å². The van der Waals surface area contributed by atoms with E-state index in [1.165, 1.54) is 11.3 Å². The van der Waals surface area contributed by atoms with Gasteiger partial charge in [0.2, 0.25) is 0 Å². The number of anilines is 1. The van der Waals surface area contributed by atoms with Crippen LogP contribution in [0.1, 0.15) is 12.5 Å². The van der Waals surface area contributed by atoms with Crippen molar-refractivity contribution in [1.82, 2.24) is 4.90 Å². The molecule has 25 heavy (non-hydrogen) atoms. The molecule has 1 heterocycles. The summed E-state index contributed by atoms with van der Waals surface area (Å²) in [7, 11) is 1.67. The van der Waals surface area contributed by atoms with E-state index < -0.39 is 0 Å². The van der Waals surface area contributed by atoms with Crippen molar-refractivity contribution < 1.29 is 9.47 Å². The van der Waals surface area contributed by atoms with Crippen molar-refractivity contribution in [2.75, 3.05) is 44.8 Å². The predicted molar refractivity (Wildman–Crippen MR) is 103 cm³/mol. The molecule has 1 aliphatic heterocycles. The minimum Gasteiger partial charge on any atom is -0.493 e. The van der Waals surface area contributed by atoms with Crippen molar-refractivity contribution in [2.45, 2.75) is 13.5 Å². The highest BCUT2D eigenvalue weighted by Crippen LogP contribution is 2.29. The first-order chi connectivity index (χ1) is 12.2. The van der Waals surface area contributed by atoms with Gasteiger partial charge >= 0.3 is 0 Å². The van der Waals surface area contributed by atoms with Gasteiger partial charge in [-0.05, 0) is 42.8 Å². The van der Waals surface area contributed by atoms with Gasteiger partial charge in [-0.15, -0.1) is 0 Å². The van der Waals surface area contributed by atoms with Crippen LogP contribution in [0.5, 0.6) is 11.5 Å². The Morgan fingerprint density at radius 1 is 1.00 bits per heavy atom. The van der Waals surface area contributed by atoms with Crippen LogP contribution in [0.25, 0.3) is 0 Å². The minimum atomic E-state index is 0.637. The smallest absolute Gasteiger partial charge is 0.161 e. The largest absolute Gasteiger partial charge is 0.493 e. The molecule has 0 amide bonds. The first-order valence-corrected chi connectivity index (χ1v) is 9.10. The SMILES string of the molecule is CCOc1cc(CN2CCN(c3cccc(Cl)c3)CC2)ccc1OC. The van der Waals surface area contributed by atoms with Gasteiger partial charge in [0.15, 0.2) is 11.5 Å². The fourth-order valence-corrected chi connectivity index (χ4v) is 3.37. The third kappa shape index (κ3) is 4.59. The van der Waals surface area contributed by atoms with Gasteiger partial charge in [0.25, 0.3) is 0 Å². The summed E-state index contributed by atoms with van der Waals surface area (Å²) < 4.78 is 11.0. The van der Waals surface area contributed by atoms with Crippen LogP contribution in [-0.2, 0) is 6.54 Å². The molecule has 1 saturated heterocycles. The molecule has 4 nitrogen and oxygen atoms in total. The molecule has 1 aliphatic rings. The Balaban J connectivity index is 1.59. The molecule has 2 aromatic carbocycles. The summed E-state index contributed by atoms with van der Waals surface area (Å²) in [6.45, 7) is 7.63. The van der Waals surface area contributed by atoms with Gasteiger partial charge in [-0.3, -0.25) is 4.90 Å². The second-order valence-corrected chi connectivity index (χ2v) is 6.60. The Bertz CT molecular complexity index is 700. The van der Waals surface area contributed by atoms with Crippen LogP contribution in [0.3, 0.4) is 0 Å². The predicted octanol–water partition coefficient (Wildman–Crippen LogP) is 4.07. The third-order valence-electron chi connectivity index (χ3n) is 4.48. The molecule has 0 N–H and O–H groups in total. The van der Waals surface area contributed by atoms with Gasteiger partial charge in [0.05, 0.1) is 13.7 Å². The highest BCUT2D eigenvalue weighted by atomic mass is 35.5. The van der Waals surface area contributed by atoms with E-state index in [1.54, 1.807) is 7.11 Å². The van der Waals surface area contributed by atoms with Crippen molar-refractivity contribution in [2.24, 2.45) is 0 Å². The van der Waals surface area contributed by atoms with Gasteiger partial charge in [0.1, 0.15) is 0 Å². The maximum atomic E-state index is 6.11. The number of halogens is 1. The van der Waals surface area contributed by atoms with Crippen molar-refractivity contribution in [3.8, 4) is 11.5 Å².